The Bertz CT molecular complexity index is 574. The molecule has 0 atom stereocenters. The van der Waals surface area contributed by atoms with E-state index in [1.165, 1.54) is 16.7 Å². The summed E-state index contributed by atoms with van der Waals surface area (Å²) in [4.78, 5) is 8.77. The third-order valence-electron chi connectivity index (χ3n) is 3.34. The molecule has 0 aliphatic rings. The van der Waals surface area contributed by atoms with Crippen molar-refractivity contribution in [3.63, 3.8) is 0 Å². The average molecular weight is 227 g/mol. The van der Waals surface area contributed by atoms with Gasteiger partial charge in [0.25, 0.3) is 0 Å². The van der Waals surface area contributed by atoms with Gasteiger partial charge in [-0.25, -0.2) is 0 Å². The second-order valence-electron chi connectivity index (χ2n) is 4.43. The molecule has 0 aliphatic heterocycles. The van der Waals surface area contributed by atoms with Gasteiger partial charge in [0.2, 0.25) is 0 Å². The molecule has 0 fully saturated rings. The lowest BCUT2D eigenvalue weighted by Crippen LogP contribution is -2.00. The number of anilines is 1. The first-order valence-corrected chi connectivity index (χ1v) is 5.66. The van der Waals surface area contributed by atoms with Gasteiger partial charge in [-0.05, 0) is 50.5 Å². The van der Waals surface area contributed by atoms with Gasteiger partial charge < -0.3 is 5.73 Å². The van der Waals surface area contributed by atoms with Crippen LogP contribution in [0.25, 0.3) is 11.3 Å². The number of hydrogen-bond donors (Lipinski definition) is 1. The molecular weight excluding hydrogens is 210 g/mol. The molecule has 88 valence electrons. The molecule has 0 bridgehead atoms. The summed E-state index contributed by atoms with van der Waals surface area (Å²) in [6.07, 6.45) is 3.45. The average Bonchev–Trinajstić information content (AvgIpc) is 2.31. The standard InChI is InChI=1S/C14H17N3/c1-8-9(2)11(4)17-14(10(8)3)12-5-13(15)7-16-6-12/h5-7H,15H2,1-4H3. The first kappa shape index (κ1) is 11.6. The van der Waals surface area contributed by atoms with E-state index in [0.29, 0.717) is 5.69 Å². The Kier molecular flexibility index (Phi) is 2.84. The number of hydrogen-bond acceptors (Lipinski definition) is 3. The first-order valence-electron chi connectivity index (χ1n) is 5.66. The molecule has 0 aliphatic carbocycles. The molecule has 3 nitrogen and oxygen atoms in total. The van der Waals surface area contributed by atoms with E-state index >= 15 is 0 Å². The van der Waals surface area contributed by atoms with E-state index in [-0.39, 0.29) is 0 Å². The van der Waals surface area contributed by atoms with E-state index in [1.807, 2.05) is 13.0 Å². The van der Waals surface area contributed by atoms with Crippen molar-refractivity contribution in [1.29, 1.82) is 0 Å². The highest BCUT2D eigenvalue weighted by molar-refractivity contribution is 5.67. The maximum Gasteiger partial charge on any atom is 0.0753 e. The second-order valence-corrected chi connectivity index (χ2v) is 4.43. The van der Waals surface area contributed by atoms with E-state index in [2.05, 4.69) is 30.7 Å². The van der Waals surface area contributed by atoms with Gasteiger partial charge in [-0.15, -0.1) is 0 Å². The molecule has 2 heterocycles. The summed E-state index contributed by atoms with van der Waals surface area (Å²) in [6.45, 7) is 8.35. The van der Waals surface area contributed by atoms with E-state index in [1.54, 1.807) is 12.4 Å². The van der Waals surface area contributed by atoms with E-state index in [4.69, 9.17) is 5.73 Å². The van der Waals surface area contributed by atoms with Crippen LogP contribution in [0.3, 0.4) is 0 Å². The molecule has 3 heteroatoms. The first-order chi connectivity index (χ1) is 8.00. The summed E-state index contributed by atoms with van der Waals surface area (Å²) in [7, 11) is 0. The van der Waals surface area contributed by atoms with Crippen molar-refractivity contribution >= 4 is 5.69 Å². The number of aryl methyl sites for hydroxylation is 1. The van der Waals surface area contributed by atoms with Gasteiger partial charge in [-0.1, -0.05) is 0 Å². The summed E-state index contributed by atoms with van der Waals surface area (Å²) in [5.74, 6) is 0. The van der Waals surface area contributed by atoms with Gasteiger partial charge in [-0.3, -0.25) is 9.97 Å². The summed E-state index contributed by atoms with van der Waals surface area (Å²) in [6, 6.07) is 1.91. The maximum absolute atomic E-state index is 5.76. The van der Waals surface area contributed by atoms with Crippen LogP contribution in [0.15, 0.2) is 18.5 Å². The van der Waals surface area contributed by atoms with Crippen LogP contribution in [0, 0.1) is 27.7 Å². The Morgan fingerprint density at radius 3 is 2.29 bits per heavy atom. The molecule has 0 aromatic carbocycles. The van der Waals surface area contributed by atoms with Crippen molar-refractivity contribution in [2.24, 2.45) is 0 Å². The maximum atomic E-state index is 5.76. The fraction of sp³-hybridized carbons (Fsp3) is 0.286. The third-order valence-corrected chi connectivity index (χ3v) is 3.34. The monoisotopic (exact) mass is 227 g/mol. The third kappa shape index (κ3) is 2.00. The van der Waals surface area contributed by atoms with E-state index in [9.17, 15) is 0 Å². The Balaban J connectivity index is 2.68. The van der Waals surface area contributed by atoms with Crippen LogP contribution in [0.1, 0.15) is 22.4 Å². The number of nitrogens with two attached hydrogens (primary N) is 1. The lowest BCUT2D eigenvalue weighted by molar-refractivity contribution is 1.09. The van der Waals surface area contributed by atoms with Gasteiger partial charge >= 0.3 is 0 Å². The van der Waals surface area contributed by atoms with Crippen LogP contribution in [0.4, 0.5) is 5.69 Å². The minimum Gasteiger partial charge on any atom is -0.397 e. The number of nitrogen functional groups attached to an aromatic ring is 1. The summed E-state index contributed by atoms with van der Waals surface area (Å²) in [5.41, 5.74) is 13.2. The SMILES string of the molecule is Cc1nc(-c2cncc(N)c2)c(C)c(C)c1C. The van der Waals surface area contributed by atoms with Crippen molar-refractivity contribution in [2.75, 3.05) is 5.73 Å². The second kappa shape index (κ2) is 4.17. The molecule has 2 rings (SSSR count). The van der Waals surface area contributed by atoms with Crippen LogP contribution in [-0.2, 0) is 0 Å². The number of pyridine rings is 2. The molecule has 0 radical (unpaired) electrons. The Morgan fingerprint density at radius 2 is 1.65 bits per heavy atom. The molecule has 0 saturated carbocycles. The topological polar surface area (TPSA) is 51.8 Å². The van der Waals surface area contributed by atoms with Crippen molar-refractivity contribution in [3.05, 3.63) is 40.8 Å². The fourth-order valence-electron chi connectivity index (χ4n) is 1.93. The van der Waals surface area contributed by atoms with Gasteiger partial charge in [0.05, 0.1) is 11.4 Å². The lowest BCUT2D eigenvalue weighted by atomic mass is 9.99. The predicted octanol–water partition coefficient (Wildman–Crippen LogP) is 2.96. The minimum atomic E-state index is 0.666. The molecule has 0 spiro atoms. The normalized spacial score (nSPS) is 10.6. The van der Waals surface area contributed by atoms with Crippen LogP contribution in [0.2, 0.25) is 0 Å². The van der Waals surface area contributed by atoms with Crippen molar-refractivity contribution in [1.82, 2.24) is 9.97 Å². The highest BCUT2D eigenvalue weighted by atomic mass is 14.7. The van der Waals surface area contributed by atoms with Crippen LogP contribution in [-0.4, -0.2) is 9.97 Å². The summed E-state index contributed by atoms with van der Waals surface area (Å²) < 4.78 is 0. The minimum absolute atomic E-state index is 0.666. The van der Waals surface area contributed by atoms with Gasteiger partial charge in [0.1, 0.15) is 0 Å². The van der Waals surface area contributed by atoms with E-state index in [0.717, 1.165) is 17.0 Å². The Labute approximate surface area is 102 Å². The number of nitrogens with zero attached hydrogens (tertiary/aromatic N) is 2. The zero-order chi connectivity index (χ0) is 12.6. The van der Waals surface area contributed by atoms with Gasteiger partial charge in [0, 0.05) is 23.7 Å². The fourth-order valence-corrected chi connectivity index (χ4v) is 1.93. The summed E-state index contributed by atoms with van der Waals surface area (Å²) >= 11 is 0. The van der Waals surface area contributed by atoms with E-state index < -0.39 is 0 Å². The van der Waals surface area contributed by atoms with Gasteiger partial charge in [0.15, 0.2) is 0 Å². The largest absolute Gasteiger partial charge is 0.397 e. The quantitative estimate of drug-likeness (QED) is 0.814. The van der Waals surface area contributed by atoms with Crippen molar-refractivity contribution in [2.45, 2.75) is 27.7 Å². The van der Waals surface area contributed by atoms with Gasteiger partial charge in [-0.2, -0.15) is 0 Å². The highest BCUT2D eigenvalue weighted by Crippen LogP contribution is 2.27. The molecule has 17 heavy (non-hydrogen) atoms. The Hall–Kier alpha value is -1.90. The molecule has 2 aromatic rings. The lowest BCUT2D eigenvalue weighted by Gasteiger charge is -2.13. The predicted molar refractivity (Wildman–Crippen MR) is 70.8 cm³/mol. The van der Waals surface area contributed by atoms with Crippen LogP contribution < -0.4 is 5.73 Å². The summed E-state index contributed by atoms with van der Waals surface area (Å²) in [5, 5.41) is 0. The highest BCUT2D eigenvalue weighted by Gasteiger charge is 2.10. The molecule has 2 aromatic heterocycles. The van der Waals surface area contributed by atoms with Crippen LogP contribution >= 0.6 is 0 Å². The molecule has 0 saturated heterocycles. The molecule has 0 amide bonds. The number of rotatable bonds is 1. The Morgan fingerprint density at radius 1 is 0.941 bits per heavy atom. The smallest absolute Gasteiger partial charge is 0.0753 e. The molecule has 2 N–H and O–H groups in total. The number of aromatic nitrogens is 2. The zero-order valence-corrected chi connectivity index (χ0v) is 10.7. The van der Waals surface area contributed by atoms with Crippen molar-refractivity contribution in [3.8, 4) is 11.3 Å². The molecular formula is C14H17N3. The molecule has 0 unspecified atom stereocenters. The zero-order valence-electron chi connectivity index (χ0n) is 10.7. The van der Waals surface area contributed by atoms with Crippen molar-refractivity contribution < 1.29 is 0 Å². The van der Waals surface area contributed by atoms with Crippen LogP contribution in [0.5, 0.6) is 0 Å².